The number of hydrogen-bond acceptors (Lipinski definition) is 4. The van der Waals surface area contributed by atoms with Crippen LogP contribution in [0.15, 0.2) is 28.7 Å². The lowest BCUT2D eigenvalue weighted by molar-refractivity contribution is 0.302. The van der Waals surface area contributed by atoms with Crippen LogP contribution in [0.25, 0.3) is 0 Å². The van der Waals surface area contributed by atoms with E-state index in [1.54, 1.807) is 12.1 Å². The van der Waals surface area contributed by atoms with Gasteiger partial charge >= 0.3 is 0 Å². The summed E-state index contributed by atoms with van der Waals surface area (Å²) in [5.74, 6) is 0.223. The van der Waals surface area contributed by atoms with Crippen LogP contribution in [0.1, 0.15) is 13.3 Å². The van der Waals surface area contributed by atoms with E-state index in [1.165, 1.54) is 12.1 Å². The van der Waals surface area contributed by atoms with Crippen LogP contribution in [0.2, 0.25) is 5.02 Å². The molecule has 0 bridgehead atoms. The van der Waals surface area contributed by atoms with Crippen LogP contribution >= 0.6 is 27.5 Å². The predicted octanol–water partition coefficient (Wildman–Crippen LogP) is 4.80. The number of nitrogens with two attached hydrogens (primary N) is 1. The van der Waals surface area contributed by atoms with Crippen molar-refractivity contribution in [1.82, 2.24) is 4.98 Å². The first-order valence-electron chi connectivity index (χ1n) is 6.23. The molecule has 0 spiro atoms. The molecule has 0 atom stereocenters. The van der Waals surface area contributed by atoms with Gasteiger partial charge in [-0.25, -0.2) is 4.39 Å². The topological polar surface area (TPSA) is 57.4 Å². The van der Waals surface area contributed by atoms with Crippen LogP contribution < -0.4 is 15.2 Å². The molecule has 2 rings (SSSR count). The number of rotatable bonds is 5. The maximum absolute atomic E-state index is 13.5. The molecular weight excluding hydrogens is 363 g/mol. The summed E-state index contributed by atoms with van der Waals surface area (Å²) in [6.07, 6.45) is 0.833. The summed E-state index contributed by atoms with van der Waals surface area (Å²) in [7, 11) is 0. The molecule has 2 aromatic rings. The van der Waals surface area contributed by atoms with E-state index in [9.17, 15) is 4.39 Å². The molecule has 4 nitrogen and oxygen atoms in total. The van der Waals surface area contributed by atoms with Gasteiger partial charge in [0.05, 0.1) is 21.8 Å². The van der Waals surface area contributed by atoms with Gasteiger partial charge in [-0.1, -0.05) is 18.5 Å². The summed E-state index contributed by atoms with van der Waals surface area (Å²) in [6, 6.07) is 5.79. The molecule has 0 amide bonds. The van der Waals surface area contributed by atoms with Gasteiger partial charge < -0.3 is 15.2 Å². The zero-order valence-electron chi connectivity index (χ0n) is 11.2. The van der Waals surface area contributed by atoms with Gasteiger partial charge in [-0.15, -0.1) is 0 Å². The number of pyridine rings is 1. The van der Waals surface area contributed by atoms with Gasteiger partial charge in [0.2, 0.25) is 11.8 Å². The predicted molar refractivity (Wildman–Crippen MR) is 83.6 cm³/mol. The molecule has 1 heterocycles. The molecule has 1 aromatic carbocycles. The Hall–Kier alpha value is -1.53. The van der Waals surface area contributed by atoms with Crippen LogP contribution in [0.3, 0.4) is 0 Å². The van der Waals surface area contributed by atoms with Crippen molar-refractivity contribution in [3.63, 3.8) is 0 Å². The van der Waals surface area contributed by atoms with Crippen molar-refractivity contribution in [2.24, 2.45) is 0 Å². The number of anilines is 1. The van der Waals surface area contributed by atoms with Gasteiger partial charge in [0.25, 0.3) is 0 Å². The van der Waals surface area contributed by atoms with E-state index in [0.717, 1.165) is 6.42 Å². The first kappa shape index (κ1) is 15.9. The minimum absolute atomic E-state index is 0.00598. The van der Waals surface area contributed by atoms with Gasteiger partial charge in [0, 0.05) is 12.1 Å². The van der Waals surface area contributed by atoms with Crippen molar-refractivity contribution >= 4 is 33.2 Å². The van der Waals surface area contributed by atoms with Crippen molar-refractivity contribution < 1.29 is 13.9 Å². The zero-order chi connectivity index (χ0) is 15.4. The molecule has 21 heavy (non-hydrogen) atoms. The van der Waals surface area contributed by atoms with Gasteiger partial charge in [0.1, 0.15) is 11.6 Å². The first-order valence-corrected chi connectivity index (χ1v) is 7.40. The number of halogens is 3. The third kappa shape index (κ3) is 3.98. The molecule has 1 aromatic heterocycles. The number of nitrogens with zero attached hydrogens (tertiary/aromatic N) is 1. The van der Waals surface area contributed by atoms with Crippen molar-refractivity contribution in [2.75, 3.05) is 12.3 Å². The van der Waals surface area contributed by atoms with Crippen molar-refractivity contribution in [1.29, 1.82) is 0 Å². The largest absolute Gasteiger partial charge is 0.476 e. The average Bonchev–Trinajstić information content (AvgIpc) is 2.45. The highest BCUT2D eigenvalue weighted by atomic mass is 79.9. The van der Waals surface area contributed by atoms with Crippen LogP contribution in [0.5, 0.6) is 17.5 Å². The normalized spacial score (nSPS) is 10.5. The van der Waals surface area contributed by atoms with Crippen LogP contribution in [-0.2, 0) is 0 Å². The van der Waals surface area contributed by atoms with Gasteiger partial charge in [0.15, 0.2) is 0 Å². The van der Waals surface area contributed by atoms with Crippen LogP contribution in [0, 0.1) is 5.82 Å². The minimum atomic E-state index is -0.576. The molecule has 0 aliphatic carbocycles. The summed E-state index contributed by atoms with van der Waals surface area (Å²) in [4.78, 5) is 4.15. The molecule has 0 saturated carbocycles. The second-order valence-corrected chi connectivity index (χ2v) is 5.45. The Bertz CT molecular complexity index is 655. The van der Waals surface area contributed by atoms with E-state index >= 15 is 0 Å². The van der Waals surface area contributed by atoms with Crippen molar-refractivity contribution in [3.05, 3.63) is 39.6 Å². The SMILES string of the molecule is CCCOc1nc(Oc2cc(F)c(Cl)cc2Br)ccc1N. The molecule has 0 aliphatic heterocycles. The van der Waals surface area contributed by atoms with Gasteiger partial charge in [-0.05, 0) is 34.5 Å². The van der Waals surface area contributed by atoms with Crippen molar-refractivity contribution in [3.8, 4) is 17.5 Å². The Kier molecular flexibility index (Phi) is 5.25. The number of aromatic nitrogens is 1. The monoisotopic (exact) mass is 374 g/mol. The molecule has 0 saturated heterocycles. The average molecular weight is 376 g/mol. The fourth-order valence-corrected chi connectivity index (χ4v) is 2.22. The van der Waals surface area contributed by atoms with E-state index < -0.39 is 5.82 Å². The third-order valence-corrected chi connectivity index (χ3v) is 3.41. The molecular formula is C14H13BrClFN2O2. The molecule has 7 heteroatoms. The second kappa shape index (κ2) is 6.95. The Morgan fingerprint density at radius 2 is 2.14 bits per heavy atom. The van der Waals surface area contributed by atoms with Gasteiger partial charge in [-0.2, -0.15) is 4.98 Å². The lowest BCUT2D eigenvalue weighted by atomic mass is 10.3. The standard InChI is InChI=1S/C14H13BrClFN2O2/c1-2-5-20-14-11(18)3-4-13(19-14)21-12-7-10(17)9(16)6-8(12)15/h3-4,6-7H,2,5,18H2,1H3. The maximum atomic E-state index is 13.5. The number of nitrogen functional groups attached to an aromatic ring is 1. The van der Waals surface area contributed by atoms with E-state index in [0.29, 0.717) is 22.6 Å². The summed E-state index contributed by atoms with van der Waals surface area (Å²) in [5, 5.41) is 0.00598. The molecule has 0 unspecified atom stereocenters. The highest BCUT2D eigenvalue weighted by Gasteiger charge is 2.11. The molecule has 0 radical (unpaired) electrons. The quantitative estimate of drug-likeness (QED) is 0.763. The highest BCUT2D eigenvalue weighted by molar-refractivity contribution is 9.10. The fourth-order valence-electron chi connectivity index (χ4n) is 1.50. The fraction of sp³-hybridized carbons (Fsp3) is 0.214. The summed E-state index contributed by atoms with van der Waals surface area (Å²) >= 11 is 8.93. The Labute approximate surface area is 135 Å². The Morgan fingerprint density at radius 1 is 1.38 bits per heavy atom. The summed E-state index contributed by atoms with van der Waals surface area (Å²) < 4.78 is 24.9. The first-order chi connectivity index (χ1) is 10.0. The lowest BCUT2D eigenvalue weighted by Gasteiger charge is -2.11. The number of hydrogen-bond donors (Lipinski definition) is 1. The number of benzene rings is 1. The minimum Gasteiger partial charge on any atom is -0.476 e. The Morgan fingerprint density at radius 3 is 2.86 bits per heavy atom. The highest BCUT2D eigenvalue weighted by Crippen LogP contribution is 2.34. The summed E-state index contributed by atoms with van der Waals surface area (Å²) in [5.41, 5.74) is 6.18. The van der Waals surface area contributed by atoms with E-state index in [1.807, 2.05) is 6.92 Å². The second-order valence-electron chi connectivity index (χ2n) is 4.19. The molecule has 0 fully saturated rings. The van der Waals surface area contributed by atoms with Gasteiger partial charge in [-0.3, -0.25) is 0 Å². The van der Waals surface area contributed by atoms with Crippen molar-refractivity contribution in [2.45, 2.75) is 13.3 Å². The molecule has 112 valence electrons. The zero-order valence-corrected chi connectivity index (χ0v) is 13.5. The van der Waals surface area contributed by atoms with Crippen LogP contribution in [0.4, 0.5) is 10.1 Å². The van der Waals surface area contributed by atoms with E-state index in [2.05, 4.69) is 20.9 Å². The van der Waals surface area contributed by atoms with E-state index in [-0.39, 0.29) is 16.7 Å². The smallest absolute Gasteiger partial charge is 0.240 e. The van der Waals surface area contributed by atoms with E-state index in [4.69, 9.17) is 26.8 Å². The maximum Gasteiger partial charge on any atom is 0.240 e. The number of ether oxygens (including phenoxy) is 2. The molecule has 0 aliphatic rings. The summed E-state index contributed by atoms with van der Waals surface area (Å²) in [6.45, 7) is 2.48. The third-order valence-electron chi connectivity index (χ3n) is 2.50. The Balaban J connectivity index is 2.25. The lowest BCUT2D eigenvalue weighted by Crippen LogP contribution is -2.02. The molecule has 2 N–H and O–H groups in total. The van der Waals surface area contributed by atoms with Crippen LogP contribution in [-0.4, -0.2) is 11.6 Å².